The molecule has 0 aliphatic carbocycles. The minimum Gasteiger partial charge on any atom is -0.497 e. The van der Waals surface area contributed by atoms with E-state index in [-0.39, 0.29) is 12.2 Å². The van der Waals surface area contributed by atoms with Gasteiger partial charge in [-0.3, -0.25) is 9.59 Å². The molecule has 1 aliphatic rings. The summed E-state index contributed by atoms with van der Waals surface area (Å²) in [6.45, 7) is 6.44. The maximum atomic E-state index is 12.6. The van der Waals surface area contributed by atoms with Crippen LogP contribution in [0.4, 0.5) is 10.5 Å². The number of amides is 4. The van der Waals surface area contributed by atoms with Gasteiger partial charge in [0.1, 0.15) is 18.0 Å². The SMILES string of the molecule is CCn1c(C)cc(/C=C2\NC(=O)N(CC(=O)Nc3ccc(OC)cc3)C2=O)c1C. The number of urea groups is 1. The minimum atomic E-state index is -0.615. The fraction of sp³-hybridized carbons (Fsp3) is 0.286. The molecule has 2 heterocycles. The topological polar surface area (TPSA) is 92.7 Å². The van der Waals surface area contributed by atoms with E-state index in [0.29, 0.717) is 11.4 Å². The number of benzene rings is 1. The van der Waals surface area contributed by atoms with Gasteiger partial charge >= 0.3 is 6.03 Å². The third-order valence-corrected chi connectivity index (χ3v) is 4.87. The van der Waals surface area contributed by atoms with Gasteiger partial charge < -0.3 is 19.9 Å². The predicted octanol–water partition coefficient (Wildman–Crippen LogP) is 2.66. The van der Waals surface area contributed by atoms with E-state index >= 15 is 0 Å². The predicted molar refractivity (Wildman–Crippen MR) is 109 cm³/mol. The molecule has 1 aromatic carbocycles. The number of aryl methyl sites for hydroxylation is 1. The number of ether oxygens (including phenoxy) is 1. The van der Waals surface area contributed by atoms with Gasteiger partial charge in [-0.1, -0.05) is 0 Å². The fourth-order valence-electron chi connectivity index (χ4n) is 3.35. The number of carbonyl (C=O) groups excluding carboxylic acids is 3. The Morgan fingerprint density at radius 2 is 1.90 bits per heavy atom. The van der Waals surface area contributed by atoms with E-state index in [9.17, 15) is 14.4 Å². The van der Waals surface area contributed by atoms with Crippen LogP contribution in [0.25, 0.3) is 6.08 Å². The van der Waals surface area contributed by atoms with Gasteiger partial charge in [0, 0.05) is 23.6 Å². The van der Waals surface area contributed by atoms with Crippen LogP contribution in [0.15, 0.2) is 36.0 Å². The van der Waals surface area contributed by atoms with Crippen molar-refractivity contribution in [2.45, 2.75) is 27.3 Å². The van der Waals surface area contributed by atoms with Gasteiger partial charge in [-0.05, 0) is 62.7 Å². The molecule has 2 N–H and O–H groups in total. The lowest BCUT2D eigenvalue weighted by Gasteiger charge is -2.12. The summed E-state index contributed by atoms with van der Waals surface area (Å²) < 4.78 is 7.19. The van der Waals surface area contributed by atoms with Gasteiger partial charge in [0.15, 0.2) is 0 Å². The molecule has 0 bridgehead atoms. The van der Waals surface area contributed by atoms with Crippen LogP contribution in [0.3, 0.4) is 0 Å². The molecular formula is C21H24N4O4. The maximum absolute atomic E-state index is 12.6. The highest BCUT2D eigenvalue weighted by atomic mass is 16.5. The zero-order valence-electron chi connectivity index (χ0n) is 16.9. The summed E-state index contributed by atoms with van der Waals surface area (Å²) in [7, 11) is 1.55. The highest BCUT2D eigenvalue weighted by molar-refractivity contribution is 6.16. The van der Waals surface area contributed by atoms with E-state index in [2.05, 4.69) is 15.2 Å². The molecule has 152 valence electrons. The molecule has 4 amide bonds. The lowest BCUT2D eigenvalue weighted by atomic mass is 10.2. The first-order valence-electron chi connectivity index (χ1n) is 9.29. The second kappa shape index (κ2) is 8.22. The first kappa shape index (κ1) is 20.2. The first-order chi connectivity index (χ1) is 13.8. The Kier molecular flexibility index (Phi) is 5.72. The molecule has 8 nitrogen and oxygen atoms in total. The number of hydrogen-bond donors (Lipinski definition) is 2. The first-order valence-corrected chi connectivity index (χ1v) is 9.29. The highest BCUT2D eigenvalue weighted by Gasteiger charge is 2.35. The smallest absolute Gasteiger partial charge is 0.329 e. The van der Waals surface area contributed by atoms with E-state index < -0.39 is 17.8 Å². The van der Waals surface area contributed by atoms with Gasteiger partial charge in [0.2, 0.25) is 5.91 Å². The number of imide groups is 1. The molecule has 3 rings (SSSR count). The molecule has 1 fully saturated rings. The van der Waals surface area contributed by atoms with Crippen molar-refractivity contribution >= 4 is 29.6 Å². The van der Waals surface area contributed by atoms with Crippen LogP contribution in [0.1, 0.15) is 23.9 Å². The molecule has 0 unspecified atom stereocenters. The number of hydrogen-bond acceptors (Lipinski definition) is 4. The lowest BCUT2D eigenvalue weighted by Crippen LogP contribution is -2.38. The monoisotopic (exact) mass is 396 g/mol. The molecule has 1 saturated heterocycles. The number of methoxy groups -OCH3 is 1. The van der Waals surface area contributed by atoms with Crippen molar-refractivity contribution < 1.29 is 19.1 Å². The highest BCUT2D eigenvalue weighted by Crippen LogP contribution is 2.20. The Balaban J connectivity index is 1.70. The number of nitrogens with zero attached hydrogens (tertiary/aromatic N) is 2. The zero-order chi connectivity index (χ0) is 21.1. The van der Waals surface area contributed by atoms with Crippen LogP contribution in [0.5, 0.6) is 5.75 Å². The van der Waals surface area contributed by atoms with Gasteiger partial charge in [0.25, 0.3) is 5.91 Å². The van der Waals surface area contributed by atoms with Crippen molar-refractivity contribution in [2.75, 3.05) is 19.0 Å². The van der Waals surface area contributed by atoms with E-state index in [4.69, 9.17) is 4.74 Å². The standard InChI is InChI=1S/C21H24N4O4/c1-5-24-13(2)10-15(14(24)3)11-18-20(27)25(21(28)23-18)12-19(26)22-16-6-8-17(29-4)9-7-16/h6-11H,5,12H2,1-4H3,(H,22,26)(H,23,28)/b18-11-. The van der Waals surface area contributed by atoms with E-state index in [1.54, 1.807) is 37.5 Å². The number of nitrogens with one attached hydrogen (secondary N) is 2. The average Bonchev–Trinajstić information content (AvgIpc) is 3.11. The van der Waals surface area contributed by atoms with E-state index in [1.165, 1.54) is 0 Å². The zero-order valence-corrected chi connectivity index (χ0v) is 16.9. The van der Waals surface area contributed by atoms with Crippen LogP contribution >= 0.6 is 0 Å². The Labute approximate surface area is 169 Å². The molecular weight excluding hydrogens is 372 g/mol. The molecule has 0 saturated carbocycles. The summed E-state index contributed by atoms with van der Waals surface area (Å²) in [5, 5.41) is 5.22. The summed E-state index contributed by atoms with van der Waals surface area (Å²) in [5.74, 6) is -0.334. The van der Waals surface area contributed by atoms with Crippen LogP contribution in [0.2, 0.25) is 0 Å². The second-order valence-corrected chi connectivity index (χ2v) is 6.73. The quantitative estimate of drug-likeness (QED) is 0.580. The normalized spacial score (nSPS) is 15.0. The van der Waals surface area contributed by atoms with Crippen molar-refractivity contribution in [3.8, 4) is 5.75 Å². The summed E-state index contributed by atoms with van der Waals surface area (Å²) in [4.78, 5) is 38.0. The molecule has 1 aliphatic heterocycles. The fourth-order valence-corrected chi connectivity index (χ4v) is 3.35. The van der Waals surface area contributed by atoms with Gasteiger partial charge in [-0.25, -0.2) is 9.69 Å². The summed E-state index contributed by atoms with van der Waals surface area (Å²) >= 11 is 0. The third kappa shape index (κ3) is 4.16. The summed E-state index contributed by atoms with van der Waals surface area (Å²) in [5.41, 5.74) is 3.64. The molecule has 0 spiro atoms. The Morgan fingerprint density at radius 3 is 2.48 bits per heavy atom. The van der Waals surface area contributed by atoms with Crippen molar-refractivity contribution in [1.82, 2.24) is 14.8 Å². The molecule has 0 radical (unpaired) electrons. The van der Waals surface area contributed by atoms with Crippen molar-refractivity contribution in [3.63, 3.8) is 0 Å². The summed E-state index contributed by atoms with van der Waals surface area (Å²) in [6.07, 6.45) is 1.65. The van der Waals surface area contributed by atoms with Gasteiger partial charge in [0.05, 0.1) is 7.11 Å². The number of aromatic nitrogens is 1. The van der Waals surface area contributed by atoms with Crippen LogP contribution in [-0.4, -0.2) is 41.0 Å². The second-order valence-electron chi connectivity index (χ2n) is 6.73. The van der Waals surface area contributed by atoms with Crippen molar-refractivity contribution in [3.05, 3.63) is 53.0 Å². The van der Waals surface area contributed by atoms with Crippen molar-refractivity contribution in [1.29, 1.82) is 0 Å². The lowest BCUT2D eigenvalue weighted by molar-refractivity contribution is -0.127. The van der Waals surface area contributed by atoms with Crippen molar-refractivity contribution in [2.24, 2.45) is 0 Å². The third-order valence-electron chi connectivity index (χ3n) is 4.87. The van der Waals surface area contributed by atoms with Gasteiger partial charge in [-0.2, -0.15) is 0 Å². The Morgan fingerprint density at radius 1 is 1.21 bits per heavy atom. The largest absolute Gasteiger partial charge is 0.497 e. The molecule has 29 heavy (non-hydrogen) atoms. The van der Waals surface area contributed by atoms with E-state index in [1.807, 2.05) is 26.8 Å². The molecule has 2 aromatic rings. The van der Waals surface area contributed by atoms with Gasteiger partial charge in [-0.15, -0.1) is 0 Å². The number of rotatable bonds is 6. The van der Waals surface area contributed by atoms with Crippen LogP contribution in [-0.2, 0) is 16.1 Å². The number of carbonyl (C=O) groups is 3. The Bertz CT molecular complexity index is 989. The molecule has 8 heteroatoms. The number of anilines is 1. The molecule has 1 aromatic heterocycles. The molecule has 0 atom stereocenters. The maximum Gasteiger partial charge on any atom is 0.329 e. The average molecular weight is 396 g/mol. The van der Waals surface area contributed by atoms with Crippen LogP contribution < -0.4 is 15.4 Å². The van der Waals surface area contributed by atoms with E-state index in [0.717, 1.165) is 28.4 Å². The minimum absolute atomic E-state index is 0.156. The Hall–Kier alpha value is -3.55. The van der Waals surface area contributed by atoms with Crippen LogP contribution in [0, 0.1) is 13.8 Å². The summed E-state index contributed by atoms with van der Waals surface area (Å²) in [6, 6.07) is 8.11.